The van der Waals surface area contributed by atoms with Crippen molar-refractivity contribution in [1.29, 1.82) is 0 Å². The van der Waals surface area contributed by atoms with E-state index in [-0.39, 0.29) is 22.9 Å². The summed E-state index contributed by atoms with van der Waals surface area (Å²) in [6.07, 6.45) is -3.98. The van der Waals surface area contributed by atoms with Crippen molar-refractivity contribution in [2.24, 2.45) is 0 Å². The first-order valence-electron chi connectivity index (χ1n) is 8.68. The molecule has 160 valence electrons. The summed E-state index contributed by atoms with van der Waals surface area (Å²) in [5.74, 6) is -0.581. The van der Waals surface area contributed by atoms with Crippen LogP contribution < -0.4 is 10.0 Å². The predicted molar refractivity (Wildman–Crippen MR) is 107 cm³/mol. The summed E-state index contributed by atoms with van der Waals surface area (Å²) in [6, 6.07) is 8.10. The Morgan fingerprint density at radius 2 is 1.83 bits per heavy atom. The van der Waals surface area contributed by atoms with Crippen LogP contribution in [0.3, 0.4) is 0 Å². The lowest BCUT2D eigenvalue weighted by molar-refractivity contribution is -0.143. The van der Waals surface area contributed by atoms with E-state index in [1.54, 1.807) is 24.3 Å². The molecule has 1 amide bonds. The molecule has 0 bridgehead atoms. The number of nitrogens with zero attached hydrogens (tertiary/aromatic N) is 1. The molecule has 0 aliphatic heterocycles. The largest absolute Gasteiger partial charge is 0.401 e. The highest BCUT2D eigenvalue weighted by Gasteiger charge is 2.29. The molecule has 2 N–H and O–H groups in total. The average molecular weight is 450 g/mol. The number of hydrogen-bond donors (Lipinski definition) is 2. The van der Waals surface area contributed by atoms with E-state index in [1.807, 2.05) is 6.92 Å². The molecule has 0 saturated heterocycles. The number of alkyl halides is 3. The molecule has 1 heterocycles. The van der Waals surface area contributed by atoms with E-state index in [9.17, 15) is 26.4 Å². The van der Waals surface area contributed by atoms with Gasteiger partial charge < -0.3 is 5.32 Å². The molecular weight excluding hydrogens is 427 g/mol. The molecule has 11 heteroatoms. The van der Waals surface area contributed by atoms with E-state index >= 15 is 0 Å². The lowest BCUT2D eigenvalue weighted by atomic mass is 10.2. The number of thiophene rings is 1. The van der Waals surface area contributed by atoms with Crippen LogP contribution in [0.15, 0.2) is 40.6 Å². The van der Waals surface area contributed by atoms with Crippen molar-refractivity contribution in [3.05, 3.63) is 46.2 Å². The quantitative estimate of drug-likeness (QED) is 0.575. The Hall–Kier alpha value is -2.11. The molecule has 1 aromatic heterocycles. The number of benzene rings is 1. The first-order chi connectivity index (χ1) is 13.5. The fraction of sp³-hybridized carbons (Fsp3) is 0.389. The van der Waals surface area contributed by atoms with Gasteiger partial charge in [0.15, 0.2) is 0 Å². The maximum absolute atomic E-state index is 12.6. The minimum atomic E-state index is -4.28. The normalized spacial score (nSPS) is 12.2. The molecule has 0 spiro atoms. The maximum atomic E-state index is 12.6. The number of amides is 1. The van der Waals surface area contributed by atoms with Crippen molar-refractivity contribution in [2.45, 2.75) is 24.4 Å². The molecule has 0 fully saturated rings. The van der Waals surface area contributed by atoms with Crippen molar-refractivity contribution in [3.63, 3.8) is 0 Å². The lowest BCUT2D eigenvalue weighted by Crippen LogP contribution is -2.34. The summed E-state index contributed by atoms with van der Waals surface area (Å²) in [5, 5.41) is 4.05. The molecular formula is C18H22F3N3O3S2. The Kier molecular flexibility index (Phi) is 7.66. The molecule has 1 aromatic carbocycles. The van der Waals surface area contributed by atoms with E-state index in [1.165, 1.54) is 18.5 Å². The van der Waals surface area contributed by atoms with Gasteiger partial charge in [-0.15, -0.1) is 11.3 Å². The van der Waals surface area contributed by atoms with Crippen LogP contribution in [-0.2, 0) is 10.0 Å². The molecule has 0 aliphatic carbocycles. The van der Waals surface area contributed by atoms with E-state index in [0.717, 1.165) is 21.8 Å². The molecule has 29 heavy (non-hydrogen) atoms. The predicted octanol–water partition coefficient (Wildman–Crippen LogP) is 3.47. The van der Waals surface area contributed by atoms with Gasteiger partial charge >= 0.3 is 6.18 Å². The summed E-state index contributed by atoms with van der Waals surface area (Å²) in [4.78, 5) is 13.3. The highest BCUT2D eigenvalue weighted by Crippen LogP contribution is 2.24. The number of hydrogen-bond acceptors (Lipinski definition) is 5. The molecule has 2 rings (SSSR count). The fourth-order valence-electron chi connectivity index (χ4n) is 2.52. The van der Waals surface area contributed by atoms with Gasteiger partial charge in [0.05, 0.1) is 6.54 Å². The standard InChI is InChI=1S/C18H22F3N3O3S2/c1-13-4-6-14(7-5-13)23-29(26,27)15-8-11-28-16(15)17(25)22-9-3-10-24(2)12-18(19,20)21/h4-8,11,23H,3,9-10,12H2,1-2H3,(H,22,25). The number of sulfonamides is 1. The van der Waals surface area contributed by atoms with E-state index < -0.39 is 28.7 Å². The number of carbonyl (C=O) groups excluding carboxylic acids is 1. The van der Waals surface area contributed by atoms with Gasteiger partial charge in [-0.2, -0.15) is 13.2 Å². The third kappa shape index (κ3) is 7.33. The van der Waals surface area contributed by atoms with Gasteiger partial charge in [0.25, 0.3) is 15.9 Å². The molecule has 0 aliphatic rings. The van der Waals surface area contributed by atoms with Crippen LogP contribution in [-0.4, -0.2) is 52.1 Å². The zero-order chi connectivity index (χ0) is 21.7. The third-order valence-electron chi connectivity index (χ3n) is 3.88. The van der Waals surface area contributed by atoms with Crippen LogP contribution in [0.5, 0.6) is 0 Å². The first kappa shape index (κ1) is 23.2. The minimum absolute atomic E-state index is 0.0215. The second-order valence-electron chi connectivity index (χ2n) is 6.55. The van der Waals surface area contributed by atoms with Gasteiger partial charge in [0, 0.05) is 12.2 Å². The second kappa shape index (κ2) is 9.59. The van der Waals surface area contributed by atoms with Crippen LogP contribution in [0, 0.1) is 6.92 Å². The Bertz CT molecular complexity index is 926. The van der Waals surface area contributed by atoms with Crippen LogP contribution in [0.2, 0.25) is 0 Å². The highest BCUT2D eigenvalue weighted by molar-refractivity contribution is 7.93. The fourth-order valence-corrected chi connectivity index (χ4v) is 4.93. The van der Waals surface area contributed by atoms with Crippen LogP contribution in [0.1, 0.15) is 21.7 Å². The Labute approximate surface area is 171 Å². The highest BCUT2D eigenvalue weighted by atomic mass is 32.2. The molecule has 6 nitrogen and oxygen atoms in total. The summed E-state index contributed by atoms with van der Waals surface area (Å²) < 4.78 is 64.6. The van der Waals surface area contributed by atoms with Crippen LogP contribution in [0.25, 0.3) is 0 Å². The number of aryl methyl sites for hydroxylation is 1. The zero-order valence-corrected chi connectivity index (χ0v) is 17.5. The van der Waals surface area contributed by atoms with Crippen molar-refractivity contribution >= 4 is 33.0 Å². The molecule has 0 atom stereocenters. The zero-order valence-electron chi connectivity index (χ0n) is 15.9. The van der Waals surface area contributed by atoms with Crippen molar-refractivity contribution < 1.29 is 26.4 Å². The third-order valence-corrected chi connectivity index (χ3v) is 6.35. The molecule has 0 unspecified atom stereocenters. The Morgan fingerprint density at radius 1 is 1.17 bits per heavy atom. The topological polar surface area (TPSA) is 78.5 Å². The number of nitrogens with one attached hydrogen (secondary N) is 2. The van der Waals surface area contributed by atoms with Gasteiger partial charge in [-0.05, 0) is 50.5 Å². The van der Waals surface area contributed by atoms with Gasteiger partial charge in [-0.1, -0.05) is 17.7 Å². The lowest BCUT2D eigenvalue weighted by Gasteiger charge is -2.18. The van der Waals surface area contributed by atoms with Gasteiger partial charge in [-0.3, -0.25) is 14.4 Å². The molecule has 0 saturated carbocycles. The van der Waals surface area contributed by atoms with E-state index in [2.05, 4.69) is 10.0 Å². The second-order valence-corrected chi connectivity index (χ2v) is 9.11. The molecule has 0 radical (unpaired) electrons. The number of halogens is 3. The summed E-state index contributed by atoms with van der Waals surface area (Å²) >= 11 is 0.979. The van der Waals surface area contributed by atoms with Crippen molar-refractivity contribution in [1.82, 2.24) is 10.2 Å². The van der Waals surface area contributed by atoms with Crippen molar-refractivity contribution in [3.8, 4) is 0 Å². The van der Waals surface area contributed by atoms with E-state index in [0.29, 0.717) is 12.1 Å². The van der Waals surface area contributed by atoms with Gasteiger partial charge in [-0.25, -0.2) is 8.42 Å². The summed E-state index contributed by atoms with van der Waals surface area (Å²) in [7, 11) is -2.61. The van der Waals surface area contributed by atoms with E-state index in [4.69, 9.17) is 0 Å². The van der Waals surface area contributed by atoms with Gasteiger partial charge in [0.2, 0.25) is 0 Å². The monoisotopic (exact) mass is 449 g/mol. The smallest absolute Gasteiger partial charge is 0.351 e. The number of rotatable bonds is 9. The SMILES string of the molecule is Cc1ccc(NS(=O)(=O)c2ccsc2C(=O)NCCCN(C)CC(F)(F)F)cc1. The maximum Gasteiger partial charge on any atom is 0.401 e. The Balaban J connectivity index is 1.94. The van der Waals surface area contributed by atoms with Crippen LogP contribution in [0.4, 0.5) is 18.9 Å². The number of carbonyl (C=O) groups is 1. The minimum Gasteiger partial charge on any atom is -0.351 e. The van der Waals surface area contributed by atoms with Crippen molar-refractivity contribution in [2.75, 3.05) is 31.4 Å². The Morgan fingerprint density at radius 3 is 2.45 bits per heavy atom. The van der Waals surface area contributed by atoms with Gasteiger partial charge in [0.1, 0.15) is 9.77 Å². The first-order valence-corrected chi connectivity index (χ1v) is 11.0. The molecule has 2 aromatic rings. The summed E-state index contributed by atoms with van der Waals surface area (Å²) in [5.41, 5.74) is 1.35. The van der Waals surface area contributed by atoms with Crippen LogP contribution >= 0.6 is 11.3 Å². The number of anilines is 1. The average Bonchev–Trinajstić information content (AvgIpc) is 3.10. The summed E-state index contributed by atoms with van der Waals surface area (Å²) in [6.45, 7) is 1.12.